The van der Waals surface area contributed by atoms with E-state index in [4.69, 9.17) is 2.74 Å². The van der Waals surface area contributed by atoms with E-state index in [1.807, 2.05) is 6.92 Å². The van der Waals surface area contributed by atoms with Gasteiger partial charge in [0.2, 0.25) is 0 Å². The van der Waals surface area contributed by atoms with E-state index in [9.17, 15) is 0 Å². The maximum atomic E-state index is 8.59. The van der Waals surface area contributed by atoms with Gasteiger partial charge in [0, 0.05) is 2.74 Å². The highest BCUT2D eigenvalue weighted by Gasteiger charge is 2.35. The highest BCUT2D eigenvalue weighted by atomic mass is 14.4. The Morgan fingerprint density at radius 1 is 0.299 bits per heavy atom. The topological polar surface area (TPSA) is 0 Å². The van der Waals surface area contributed by atoms with Gasteiger partial charge in [-0.3, -0.25) is 0 Å². The molecular weight excluding hydrogens is 1290 g/mol. The van der Waals surface area contributed by atoms with Crippen LogP contribution in [-0.2, 0) is 71.4 Å². The first-order chi connectivity index (χ1) is 48.6. The van der Waals surface area contributed by atoms with Crippen molar-refractivity contribution in [1.82, 2.24) is 0 Å². The van der Waals surface area contributed by atoms with Crippen molar-refractivity contribution in [3.8, 4) is 11.1 Å². The average Bonchev–Trinajstić information content (AvgIpc) is 0.755. The molecule has 7 aromatic carbocycles. The second kappa shape index (κ2) is 35.9. The summed E-state index contributed by atoms with van der Waals surface area (Å²) < 4.78 is 17.1. The lowest BCUT2D eigenvalue weighted by Gasteiger charge is -2.38. The summed E-state index contributed by atoms with van der Waals surface area (Å²) in [7, 11) is 0. The van der Waals surface area contributed by atoms with Gasteiger partial charge in [-0.15, -0.1) is 0 Å². The van der Waals surface area contributed by atoms with Gasteiger partial charge in [0.05, 0.1) is 0 Å². The van der Waals surface area contributed by atoms with Crippen molar-refractivity contribution in [1.29, 1.82) is 0 Å². The van der Waals surface area contributed by atoms with Crippen LogP contribution in [0.5, 0.6) is 0 Å². The lowest BCUT2D eigenvalue weighted by molar-refractivity contribution is 0.339. The van der Waals surface area contributed by atoms with Gasteiger partial charge in [0.25, 0.3) is 0 Å². The van der Waals surface area contributed by atoms with E-state index in [1.165, 1.54) is 103 Å². The molecule has 0 radical (unpaired) electrons. The first-order valence-corrected chi connectivity index (χ1v) is 41.4. The zero-order valence-electron chi connectivity index (χ0n) is 80.2. The highest BCUT2D eigenvalue weighted by Crippen LogP contribution is 2.46. The molecule has 1 fully saturated rings. The summed E-state index contributed by atoms with van der Waals surface area (Å²) in [6, 6.07) is 55.8. The van der Waals surface area contributed by atoms with E-state index >= 15 is 0 Å². The van der Waals surface area contributed by atoms with Crippen molar-refractivity contribution in [2.75, 3.05) is 0 Å². The van der Waals surface area contributed by atoms with Gasteiger partial charge in [0.15, 0.2) is 0 Å². The lowest BCUT2D eigenvalue weighted by atomic mass is 9.66. The minimum atomic E-state index is -0.552. The second-order valence-electron chi connectivity index (χ2n) is 46.4. The molecule has 1 saturated carbocycles. The van der Waals surface area contributed by atoms with Crippen molar-refractivity contribution in [3.05, 3.63) is 235 Å². The summed E-state index contributed by atoms with van der Waals surface area (Å²) in [4.78, 5) is 0. The third-order valence-corrected chi connectivity index (χ3v) is 21.1. The molecule has 0 saturated heterocycles. The zero-order chi connectivity index (χ0) is 84.7. The maximum Gasteiger partial charge on any atom is 0.0355 e. The Morgan fingerprint density at radius 3 is 0.981 bits per heavy atom. The summed E-state index contributed by atoms with van der Waals surface area (Å²) in [5.74, 6) is -0.863. The summed E-state index contributed by atoms with van der Waals surface area (Å²) >= 11 is 0. The van der Waals surface area contributed by atoms with E-state index in [0.29, 0.717) is 5.41 Å². The van der Waals surface area contributed by atoms with Crippen molar-refractivity contribution in [2.24, 2.45) is 10.8 Å². The minimum absolute atomic E-state index is 0.0593. The van der Waals surface area contributed by atoms with Crippen molar-refractivity contribution in [3.63, 3.8) is 0 Å². The number of hydrogen-bond acceptors (Lipinski definition) is 0. The van der Waals surface area contributed by atoms with Crippen LogP contribution in [0.25, 0.3) is 11.1 Å². The van der Waals surface area contributed by atoms with Crippen molar-refractivity contribution >= 4 is 0 Å². The Morgan fingerprint density at radius 2 is 0.645 bits per heavy atom. The van der Waals surface area contributed by atoms with Crippen LogP contribution in [0.4, 0.5) is 0 Å². The fraction of sp³-hybridized carbons (Fsp3) is 0.607. The molecule has 107 heavy (non-hydrogen) atoms. The van der Waals surface area contributed by atoms with Gasteiger partial charge in [-0.2, -0.15) is 0 Å². The van der Waals surface area contributed by atoms with Gasteiger partial charge in [-0.25, -0.2) is 0 Å². The molecule has 8 rings (SSSR count). The molecule has 0 amide bonds. The molecule has 596 valence electrons. The monoisotopic (exact) mass is 1460 g/mol. The van der Waals surface area contributed by atoms with Crippen LogP contribution in [-0.4, -0.2) is 0 Å². The van der Waals surface area contributed by atoms with Crippen LogP contribution in [0.3, 0.4) is 0 Å². The Kier molecular flexibility index (Phi) is 30.9. The van der Waals surface area contributed by atoms with E-state index < -0.39 is 5.89 Å². The molecule has 7 aromatic rings. The van der Waals surface area contributed by atoms with E-state index in [1.54, 1.807) is 5.56 Å². The smallest absolute Gasteiger partial charge is 0.0355 e. The predicted molar refractivity (Wildman–Crippen MR) is 485 cm³/mol. The first kappa shape index (κ1) is 92.1. The summed E-state index contributed by atoms with van der Waals surface area (Å²) in [6.07, 6.45) is 6.94. The third kappa shape index (κ3) is 30.6. The molecule has 0 heterocycles. The molecule has 1 unspecified atom stereocenters. The molecule has 0 aromatic heterocycles. The average molecular weight is 1460 g/mol. The molecule has 0 spiro atoms. The molecular formula is C107H168. The Hall–Kier alpha value is -5.46. The second-order valence-corrected chi connectivity index (χ2v) is 46.4. The third-order valence-electron chi connectivity index (χ3n) is 21.1. The number of hydrogen-bond donors (Lipinski definition) is 0. The minimum Gasteiger partial charge on any atom is -0.0622 e. The molecule has 0 bridgehead atoms. The summed E-state index contributed by atoms with van der Waals surface area (Å²) in [6.45, 7) is 97.9. The summed E-state index contributed by atoms with van der Waals surface area (Å²) in [5.41, 5.74) is 26.4. The van der Waals surface area contributed by atoms with Crippen LogP contribution < -0.4 is 0 Å². The van der Waals surface area contributed by atoms with Crippen LogP contribution in [0.15, 0.2) is 152 Å². The SMILES string of the molecule is CC(C)(C)Cc1ccc(C(C)(C)C)cc1.CC(C)(C)c1cc(C(C)(C)C)c(C(C)(C)C)c(C(C)(C)C)c1.CC(C)(C)c1ccc(C(C)(C)C)c(C(C)(C)C)c1.CC(C)(C)c1cccc(-c2ccccc2)c1C(C)(C)C.[2H]C(C)(c1ccc(C(C)(C)C)cc1)C(C)(C)C.[2H]C1(c2ccc(C(C)(C)C)cc2)CCCCC1. The lowest BCUT2D eigenvalue weighted by Crippen LogP contribution is -2.29. The number of rotatable bonds is 4. The molecule has 1 atom stereocenters. The fourth-order valence-electron chi connectivity index (χ4n) is 14.1. The van der Waals surface area contributed by atoms with E-state index in [0.717, 1.165) is 24.8 Å². The maximum absolute atomic E-state index is 8.59. The molecule has 0 aliphatic heterocycles. The summed E-state index contributed by atoms with van der Waals surface area (Å²) in [5, 5.41) is 0. The van der Waals surface area contributed by atoms with Gasteiger partial charge in [-0.05, 0) is 201 Å². The fourth-order valence-corrected chi connectivity index (χ4v) is 14.1. The normalized spacial score (nSPS) is 15.3. The van der Waals surface area contributed by atoms with Crippen LogP contribution in [0.2, 0.25) is 0 Å². The van der Waals surface area contributed by atoms with Gasteiger partial charge in [0.1, 0.15) is 0 Å². The van der Waals surface area contributed by atoms with Gasteiger partial charge < -0.3 is 0 Å². The predicted octanol–water partition coefficient (Wildman–Crippen LogP) is 33.1. The standard InChI is InChI=1S/C22H38.C20H26.C18H30.C16H24.C16H26.C15H24/c1-19(2,3)15-13-16(20(4,5)6)18(22(10,11)12)17(14-15)21(7,8)9;1-19(2,3)17-14-10-13-16(18(17)20(4,5)6)15-11-8-7-9-12-15;1-16(2,3)13-10-11-14(17(4,5)6)15(12-13)18(7,8)9;1-16(2,3)15-11-9-14(10-12-15)13-7-5-4-6-8-13;1-12(15(2,3)4)13-8-10-14(11-9-13)16(5,6)7;1-14(2,3)11-12-7-9-13(10-8-12)15(4,5)6/h13-14H,1-12H3;7-14H,1-6H3;10-12H,1-9H3;9-13H,4-8H2,1-3H3;8-12H,1-7H3;7-10H,11H2,1-6H3/i;;;13D;12D;. The van der Waals surface area contributed by atoms with Crippen LogP contribution in [0.1, 0.15) is 428 Å². The Bertz CT molecular complexity index is 3880. The van der Waals surface area contributed by atoms with Gasteiger partial charge >= 0.3 is 0 Å². The number of benzene rings is 7. The molecule has 0 heteroatoms. The molecule has 0 nitrogen and oxygen atoms in total. The first-order valence-electron chi connectivity index (χ1n) is 42.4. The van der Waals surface area contributed by atoms with Crippen molar-refractivity contribution in [2.45, 2.75) is 413 Å². The van der Waals surface area contributed by atoms with Crippen molar-refractivity contribution < 1.29 is 2.74 Å². The Balaban J connectivity index is 0.000000340. The van der Waals surface area contributed by atoms with Gasteiger partial charge in [-0.1, -0.05) is 469 Å². The van der Waals surface area contributed by atoms with E-state index in [-0.39, 0.29) is 76.3 Å². The Labute approximate surface area is 668 Å². The largest absolute Gasteiger partial charge is 0.0622 e. The van der Waals surface area contributed by atoms with Crippen LogP contribution >= 0.6 is 0 Å². The van der Waals surface area contributed by atoms with E-state index in [2.05, 4.69) is 442 Å². The molecule has 1 aliphatic carbocycles. The highest BCUT2D eigenvalue weighted by molar-refractivity contribution is 5.71. The molecule has 0 N–H and O–H groups in total. The zero-order valence-corrected chi connectivity index (χ0v) is 78.2. The quantitative estimate of drug-likeness (QED) is 0.165. The van der Waals surface area contributed by atoms with Crippen LogP contribution in [0, 0.1) is 10.8 Å². The molecule has 1 aliphatic rings.